The summed E-state index contributed by atoms with van der Waals surface area (Å²) in [5.41, 5.74) is 3.70. The van der Waals surface area contributed by atoms with Crippen molar-refractivity contribution in [2.75, 3.05) is 26.1 Å². The van der Waals surface area contributed by atoms with Gasteiger partial charge < -0.3 is 14.4 Å². The number of hydrogen-bond donors (Lipinski definition) is 0. The quantitative estimate of drug-likeness (QED) is 0.604. The highest BCUT2D eigenvalue weighted by atomic mass is 35.5. The van der Waals surface area contributed by atoms with Crippen LogP contribution in [-0.2, 0) is 11.2 Å². The van der Waals surface area contributed by atoms with Crippen LogP contribution in [0.25, 0.3) is 5.76 Å². The first-order valence-corrected chi connectivity index (χ1v) is 9.85. The fourth-order valence-electron chi connectivity index (χ4n) is 2.94. The molecule has 1 aliphatic heterocycles. The van der Waals surface area contributed by atoms with E-state index in [1.165, 1.54) is 0 Å². The summed E-state index contributed by atoms with van der Waals surface area (Å²) in [4.78, 5) is 11.2. The second kappa shape index (κ2) is 9.11. The maximum absolute atomic E-state index is 6.58. The summed E-state index contributed by atoms with van der Waals surface area (Å²) in [6.07, 6.45) is 7.18. The highest BCUT2D eigenvalue weighted by molar-refractivity contribution is 6.33. The molecule has 1 aliphatic rings. The molecule has 28 heavy (non-hydrogen) atoms. The number of halogens is 1. The Kier molecular flexibility index (Phi) is 6.57. The van der Waals surface area contributed by atoms with Crippen molar-refractivity contribution >= 4 is 34.6 Å². The van der Waals surface area contributed by atoms with Gasteiger partial charge in [0.25, 0.3) is 0 Å². The normalized spacial score (nSPS) is 14.3. The third-order valence-corrected chi connectivity index (χ3v) is 4.83. The lowest BCUT2D eigenvalue weighted by Gasteiger charge is -2.23. The number of hydrogen-bond acceptors (Lipinski definition) is 5. The number of unbranched alkanes of at least 4 members (excludes halogenated alkanes) is 1. The molecule has 0 unspecified atom stereocenters. The van der Waals surface area contributed by atoms with E-state index in [1.807, 2.05) is 37.2 Å². The van der Waals surface area contributed by atoms with Gasteiger partial charge in [-0.25, -0.2) is 4.99 Å². The lowest BCUT2D eigenvalue weighted by molar-refractivity contribution is 0.412. The summed E-state index contributed by atoms with van der Waals surface area (Å²) in [6.45, 7) is 2.14. The van der Waals surface area contributed by atoms with Gasteiger partial charge in [-0.15, -0.1) is 0 Å². The number of allylic oxidation sites excluding steroid dienone is 1. The molecule has 2 heterocycles. The van der Waals surface area contributed by atoms with Crippen LogP contribution in [0.4, 0.5) is 11.4 Å². The molecule has 0 radical (unpaired) electrons. The molecule has 0 saturated carbocycles. The number of anilines is 1. The molecule has 6 heteroatoms. The summed E-state index contributed by atoms with van der Waals surface area (Å²) in [7, 11) is 5.62. The second-order valence-electron chi connectivity index (χ2n) is 6.87. The predicted octanol–water partition coefficient (Wildman–Crippen LogP) is 5.64. The lowest BCUT2D eigenvalue weighted by atomic mass is 10.1. The minimum absolute atomic E-state index is 0.656. The van der Waals surface area contributed by atoms with Crippen LogP contribution >= 0.6 is 11.6 Å². The first-order chi connectivity index (χ1) is 13.5. The maximum Gasteiger partial charge on any atom is 0.195 e. The number of pyridine rings is 1. The lowest BCUT2D eigenvalue weighted by Crippen LogP contribution is -2.13. The van der Waals surface area contributed by atoms with Gasteiger partial charge in [0.05, 0.1) is 29.6 Å². The monoisotopic (exact) mass is 399 g/mol. The van der Waals surface area contributed by atoms with Gasteiger partial charge in [0.2, 0.25) is 0 Å². The largest absolute Gasteiger partial charge is 0.495 e. The molecule has 0 aliphatic carbocycles. The van der Waals surface area contributed by atoms with E-state index in [0.717, 1.165) is 53.4 Å². The SMILES string of the molecule is CCC/C=C1\OC(CCc2ccc(OC)cn2)=Nc2cc(N(C)C)cc(Cl)c21. The number of methoxy groups -OCH3 is 1. The molecule has 0 N–H and O–H groups in total. The maximum atomic E-state index is 6.58. The number of aryl methyl sites for hydroxylation is 1. The molecule has 0 amide bonds. The van der Waals surface area contributed by atoms with Crippen molar-refractivity contribution in [1.29, 1.82) is 0 Å². The molecule has 0 saturated heterocycles. The van der Waals surface area contributed by atoms with Gasteiger partial charge in [-0.3, -0.25) is 4.98 Å². The van der Waals surface area contributed by atoms with Crippen LogP contribution in [-0.4, -0.2) is 32.1 Å². The molecule has 148 valence electrons. The van der Waals surface area contributed by atoms with E-state index in [4.69, 9.17) is 26.1 Å². The Morgan fingerprint density at radius 2 is 2.04 bits per heavy atom. The van der Waals surface area contributed by atoms with E-state index in [2.05, 4.69) is 24.1 Å². The topological polar surface area (TPSA) is 47.0 Å². The standard InChI is InChI=1S/C22H26ClN3O2/c1-5-6-7-20-22-18(23)12-16(26(2)3)13-19(22)25-21(28-20)11-9-15-8-10-17(27-4)14-24-15/h7-8,10,12-14H,5-6,9,11H2,1-4H3/b20-7-. The van der Waals surface area contributed by atoms with Crippen molar-refractivity contribution in [3.8, 4) is 5.75 Å². The van der Waals surface area contributed by atoms with E-state index in [-0.39, 0.29) is 0 Å². The fraction of sp³-hybridized carbons (Fsp3) is 0.364. The van der Waals surface area contributed by atoms with Crippen LogP contribution in [0.1, 0.15) is 37.4 Å². The van der Waals surface area contributed by atoms with E-state index >= 15 is 0 Å². The van der Waals surface area contributed by atoms with Gasteiger partial charge in [-0.2, -0.15) is 0 Å². The third kappa shape index (κ3) is 4.65. The summed E-state index contributed by atoms with van der Waals surface area (Å²) in [6, 6.07) is 7.88. The Morgan fingerprint density at radius 3 is 2.68 bits per heavy atom. The predicted molar refractivity (Wildman–Crippen MR) is 116 cm³/mol. The molecule has 0 bridgehead atoms. The van der Waals surface area contributed by atoms with Gasteiger partial charge in [-0.1, -0.05) is 24.9 Å². The Labute approximate surface area is 171 Å². The van der Waals surface area contributed by atoms with E-state index in [9.17, 15) is 0 Å². The molecule has 5 nitrogen and oxygen atoms in total. The molecule has 3 rings (SSSR count). The fourth-order valence-corrected chi connectivity index (χ4v) is 3.25. The highest BCUT2D eigenvalue weighted by Crippen LogP contribution is 2.41. The minimum Gasteiger partial charge on any atom is -0.495 e. The molecule has 0 fully saturated rings. The van der Waals surface area contributed by atoms with Crippen molar-refractivity contribution in [2.45, 2.75) is 32.6 Å². The van der Waals surface area contributed by atoms with Gasteiger partial charge in [0.15, 0.2) is 5.90 Å². The Bertz CT molecular complexity index is 889. The van der Waals surface area contributed by atoms with Crippen molar-refractivity contribution in [3.63, 3.8) is 0 Å². The van der Waals surface area contributed by atoms with Crippen LogP contribution in [0.3, 0.4) is 0 Å². The average molecular weight is 400 g/mol. The van der Waals surface area contributed by atoms with Crippen molar-refractivity contribution in [1.82, 2.24) is 4.98 Å². The first kappa shape index (κ1) is 20.2. The van der Waals surface area contributed by atoms with Crippen LogP contribution in [0, 0.1) is 0 Å². The molecule has 1 aromatic heterocycles. The number of rotatable bonds is 7. The average Bonchev–Trinajstić information content (AvgIpc) is 2.70. The second-order valence-corrected chi connectivity index (χ2v) is 7.28. The van der Waals surface area contributed by atoms with Gasteiger partial charge in [0.1, 0.15) is 11.5 Å². The zero-order valence-electron chi connectivity index (χ0n) is 16.8. The zero-order valence-corrected chi connectivity index (χ0v) is 17.6. The summed E-state index contributed by atoms with van der Waals surface area (Å²) < 4.78 is 11.3. The van der Waals surface area contributed by atoms with Crippen LogP contribution < -0.4 is 9.64 Å². The van der Waals surface area contributed by atoms with E-state index < -0.39 is 0 Å². The number of aromatic nitrogens is 1. The van der Waals surface area contributed by atoms with Crippen molar-refractivity contribution in [2.24, 2.45) is 4.99 Å². The zero-order chi connectivity index (χ0) is 20.1. The highest BCUT2D eigenvalue weighted by Gasteiger charge is 2.22. The molecular formula is C22H26ClN3O2. The summed E-state index contributed by atoms with van der Waals surface area (Å²) >= 11 is 6.58. The van der Waals surface area contributed by atoms with Crippen LogP contribution in [0.5, 0.6) is 5.75 Å². The minimum atomic E-state index is 0.656. The van der Waals surface area contributed by atoms with Crippen molar-refractivity contribution < 1.29 is 9.47 Å². The van der Waals surface area contributed by atoms with Crippen LogP contribution in [0.2, 0.25) is 5.02 Å². The summed E-state index contributed by atoms with van der Waals surface area (Å²) in [5, 5.41) is 0.656. The summed E-state index contributed by atoms with van der Waals surface area (Å²) in [5.74, 6) is 2.22. The Hall–Kier alpha value is -2.53. The molecular weight excluding hydrogens is 374 g/mol. The Morgan fingerprint density at radius 1 is 1.21 bits per heavy atom. The number of aliphatic imine (C=N–C) groups is 1. The van der Waals surface area contributed by atoms with Crippen molar-refractivity contribution in [3.05, 3.63) is 52.8 Å². The number of nitrogens with zero attached hydrogens (tertiary/aromatic N) is 3. The van der Waals surface area contributed by atoms with E-state index in [0.29, 0.717) is 17.3 Å². The van der Waals surface area contributed by atoms with E-state index in [1.54, 1.807) is 13.3 Å². The molecule has 2 aromatic rings. The molecule has 1 aromatic carbocycles. The number of benzene rings is 1. The Balaban J connectivity index is 1.88. The molecule has 0 atom stereocenters. The van der Waals surface area contributed by atoms with Crippen LogP contribution in [0.15, 0.2) is 41.5 Å². The van der Waals surface area contributed by atoms with Gasteiger partial charge in [0, 0.05) is 31.9 Å². The smallest absolute Gasteiger partial charge is 0.195 e. The number of fused-ring (bicyclic) bond motifs is 1. The van der Waals surface area contributed by atoms with Gasteiger partial charge >= 0.3 is 0 Å². The third-order valence-electron chi connectivity index (χ3n) is 4.54. The molecule has 0 spiro atoms. The number of ether oxygens (including phenoxy) is 2. The van der Waals surface area contributed by atoms with Gasteiger partial charge in [-0.05, 0) is 43.2 Å². The first-order valence-electron chi connectivity index (χ1n) is 9.47.